The summed E-state index contributed by atoms with van der Waals surface area (Å²) in [6, 6.07) is 1.98. The molecule has 0 saturated carbocycles. The lowest BCUT2D eigenvalue weighted by molar-refractivity contribution is 0.544. The van der Waals surface area contributed by atoms with Gasteiger partial charge in [-0.3, -0.25) is 0 Å². The van der Waals surface area contributed by atoms with E-state index in [0.717, 1.165) is 23.5 Å². The van der Waals surface area contributed by atoms with Gasteiger partial charge in [0.2, 0.25) is 10.0 Å². The van der Waals surface area contributed by atoms with Gasteiger partial charge in [-0.1, -0.05) is 34.8 Å². The fourth-order valence-electron chi connectivity index (χ4n) is 1.54. The first-order chi connectivity index (χ1) is 10.1. The Morgan fingerprint density at radius 1 is 1.18 bits per heavy atom. The second-order valence-corrected chi connectivity index (χ2v) is 9.07. The summed E-state index contributed by atoms with van der Waals surface area (Å²) in [6.07, 6.45) is 0. The maximum Gasteiger partial charge on any atom is 0.244 e. The molecule has 1 aromatic heterocycles. The van der Waals surface area contributed by atoms with Crippen molar-refractivity contribution in [2.24, 2.45) is 0 Å². The number of benzene rings is 1. The highest BCUT2D eigenvalue weighted by atomic mass is 79.9. The molecule has 0 saturated heterocycles. The van der Waals surface area contributed by atoms with Crippen LogP contribution in [0.3, 0.4) is 0 Å². The standard InChI is InChI=1S/C11H5BrCl3F2NO2S2/c12-7-9(11(15)21-10(7)14)22(19,20)18-3-4-6(16)2-1-5(13)8(4)17/h1-2,18H,3H2. The quantitative estimate of drug-likeness (QED) is 0.621. The van der Waals surface area contributed by atoms with E-state index in [-0.39, 0.29) is 23.1 Å². The number of hydrogen-bond acceptors (Lipinski definition) is 3. The van der Waals surface area contributed by atoms with Crippen LogP contribution in [0.1, 0.15) is 5.56 Å². The lowest BCUT2D eigenvalue weighted by Gasteiger charge is -2.09. The summed E-state index contributed by atoms with van der Waals surface area (Å²) in [7, 11) is -4.12. The minimum Gasteiger partial charge on any atom is -0.207 e. The maximum atomic E-state index is 13.7. The third-order valence-electron chi connectivity index (χ3n) is 2.58. The van der Waals surface area contributed by atoms with E-state index in [2.05, 4.69) is 20.7 Å². The molecule has 11 heteroatoms. The zero-order valence-corrected chi connectivity index (χ0v) is 15.7. The van der Waals surface area contributed by atoms with E-state index in [4.69, 9.17) is 34.8 Å². The van der Waals surface area contributed by atoms with E-state index in [0.29, 0.717) is 0 Å². The Morgan fingerprint density at radius 2 is 1.82 bits per heavy atom. The highest BCUT2D eigenvalue weighted by molar-refractivity contribution is 9.10. The van der Waals surface area contributed by atoms with Crippen LogP contribution in [0.4, 0.5) is 8.78 Å². The maximum absolute atomic E-state index is 13.7. The van der Waals surface area contributed by atoms with Gasteiger partial charge in [-0.05, 0) is 28.1 Å². The number of hydrogen-bond donors (Lipinski definition) is 1. The molecular formula is C11H5BrCl3F2NO2S2. The van der Waals surface area contributed by atoms with Crippen molar-refractivity contribution in [3.63, 3.8) is 0 Å². The number of rotatable bonds is 4. The molecule has 0 radical (unpaired) electrons. The van der Waals surface area contributed by atoms with Gasteiger partial charge in [-0.2, -0.15) is 0 Å². The minimum absolute atomic E-state index is 0.0728. The molecule has 0 aliphatic heterocycles. The van der Waals surface area contributed by atoms with Crippen LogP contribution < -0.4 is 4.72 Å². The molecule has 3 nitrogen and oxygen atoms in total. The van der Waals surface area contributed by atoms with E-state index < -0.39 is 33.8 Å². The van der Waals surface area contributed by atoms with Crippen LogP contribution in [0.5, 0.6) is 0 Å². The molecule has 0 unspecified atom stereocenters. The van der Waals surface area contributed by atoms with Gasteiger partial charge in [-0.25, -0.2) is 21.9 Å². The van der Waals surface area contributed by atoms with Gasteiger partial charge in [-0.15, -0.1) is 11.3 Å². The molecule has 0 aliphatic rings. The second-order valence-electron chi connectivity index (χ2n) is 3.94. The van der Waals surface area contributed by atoms with Crippen molar-refractivity contribution >= 4 is 72.1 Å². The number of sulfonamides is 1. The Kier molecular flexibility index (Phi) is 5.75. The fourth-order valence-corrected chi connectivity index (χ4v) is 6.26. The van der Waals surface area contributed by atoms with Gasteiger partial charge in [0.05, 0.1) is 9.50 Å². The zero-order chi connectivity index (χ0) is 16.7. The molecule has 120 valence electrons. The van der Waals surface area contributed by atoms with E-state index in [1.54, 1.807) is 0 Å². The average Bonchev–Trinajstić information content (AvgIpc) is 2.68. The molecule has 2 aromatic rings. The van der Waals surface area contributed by atoms with Crippen LogP contribution in [0, 0.1) is 11.6 Å². The van der Waals surface area contributed by atoms with Gasteiger partial charge in [0.25, 0.3) is 0 Å². The normalized spacial score (nSPS) is 11.9. The first-order valence-electron chi connectivity index (χ1n) is 5.40. The van der Waals surface area contributed by atoms with Crippen LogP contribution >= 0.6 is 62.1 Å². The van der Waals surface area contributed by atoms with E-state index in [1.165, 1.54) is 0 Å². The van der Waals surface area contributed by atoms with Crippen LogP contribution in [0.25, 0.3) is 0 Å². The molecule has 1 aromatic carbocycles. The van der Waals surface area contributed by atoms with Crippen molar-refractivity contribution in [1.82, 2.24) is 4.72 Å². The Morgan fingerprint density at radius 3 is 2.36 bits per heavy atom. The van der Waals surface area contributed by atoms with Gasteiger partial charge in [0.1, 0.15) is 25.2 Å². The lowest BCUT2D eigenvalue weighted by atomic mass is 10.2. The summed E-state index contributed by atoms with van der Waals surface area (Å²) in [5, 5.41) is -0.312. The summed E-state index contributed by atoms with van der Waals surface area (Å²) >= 11 is 21.0. The molecule has 0 atom stereocenters. The van der Waals surface area contributed by atoms with E-state index >= 15 is 0 Å². The number of nitrogens with one attached hydrogen (secondary N) is 1. The number of halogens is 6. The van der Waals surface area contributed by atoms with Crippen LogP contribution in [0.2, 0.25) is 13.7 Å². The molecule has 2 rings (SSSR count). The second kappa shape index (κ2) is 6.88. The predicted octanol–water partition coefficient (Wildman–Crippen LogP) is 5.23. The fraction of sp³-hybridized carbons (Fsp3) is 0.0909. The van der Waals surface area contributed by atoms with Crippen LogP contribution in [-0.2, 0) is 16.6 Å². The van der Waals surface area contributed by atoms with Crippen molar-refractivity contribution in [1.29, 1.82) is 0 Å². The van der Waals surface area contributed by atoms with Crippen molar-refractivity contribution < 1.29 is 17.2 Å². The topological polar surface area (TPSA) is 46.2 Å². The van der Waals surface area contributed by atoms with E-state index in [9.17, 15) is 17.2 Å². The van der Waals surface area contributed by atoms with E-state index in [1.807, 2.05) is 0 Å². The molecule has 1 N–H and O–H groups in total. The molecule has 0 aliphatic carbocycles. The van der Waals surface area contributed by atoms with Crippen LogP contribution in [-0.4, -0.2) is 8.42 Å². The Hall–Kier alpha value is 0.0400. The van der Waals surface area contributed by atoms with Crippen LogP contribution in [0.15, 0.2) is 21.5 Å². The Labute approximate surface area is 152 Å². The molecule has 0 bridgehead atoms. The minimum atomic E-state index is -4.12. The smallest absolute Gasteiger partial charge is 0.207 e. The lowest BCUT2D eigenvalue weighted by Crippen LogP contribution is -2.24. The van der Waals surface area contributed by atoms with Gasteiger partial charge in [0.15, 0.2) is 0 Å². The molecule has 1 heterocycles. The van der Waals surface area contributed by atoms with Gasteiger partial charge >= 0.3 is 0 Å². The first-order valence-corrected chi connectivity index (χ1v) is 9.63. The third kappa shape index (κ3) is 3.58. The third-order valence-corrected chi connectivity index (χ3v) is 7.73. The molecule has 0 spiro atoms. The first kappa shape index (κ1) is 18.4. The monoisotopic (exact) mass is 469 g/mol. The molecular weight excluding hydrogens is 467 g/mol. The Bertz CT molecular complexity index is 842. The van der Waals surface area contributed by atoms with Crippen molar-refractivity contribution in [2.75, 3.05) is 0 Å². The van der Waals surface area contributed by atoms with Crippen molar-refractivity contribution in [3.8, 4) is 0 Å². The summed E-state index contributed by atoms with van der Waals surface area (Å²) in [5.41, 5.74) is -0.496. The summed E-state index contributed by atoms with van der Waals surface area (Å²) < 4.78 is 54.0. The highest BCUT2D eigenvalue weighted by Crippen LogP contribution is 2.42. The Balaban J connectivity index is 2.34. The molecule has 0 fully saturated rings. The predicted molar refractivity (Wildman–Crippen MR) is 87.4 cm³/mol. The summed E-state index contributed by atoms with van der Waals surface area (Å²) in [6.45, 7) is -0.628. The average molecular weight is 472 g/mol. The number of thiophene rings is 1. The SMILES string of the molecule is O=S(=O)(NCc1c(F)ccc(Cl)c1F)c1c(Cl)sc(Cl)c1Br. The van der Waals surface area contributed by atoms with Gasteiger partial charge < -0.3 is 0 Å². The summed E-state index contributed by atoms with van der Waals surface area (Å²) in [5.74, 6) is -1.95. The molecule has 22 heavy (non-hydrogen) atoms. The molecule has 0 amide bonds. The highest BCUT2D eigenvalue weighted by Gasteiger charge is 2.27. The zero-order valence-electron chi connectivity index (χ0n) is 10.3. The summed E-state index contributed by atoms with van der Waals surface area (Å²) in [4.78, 5) is -0.285. The van der Waals surface area contributed by atoms with Gasteiger partial charge in [0, 0.05) is 12.1 Å². The van der Waals surface area contributed by atoms with Crippen molar-refractivity contribution in [2.45, 2.75) is 11.4 Å². The van der Waals surface area contributed by atoms with Crippen molar-refractivity contribution in [3.05, 3.63) is 47.5 Å². The largest absolute Gasteiger partial charge is 0.244 e.